The Kier molecular flexibility index (Phi) is 5.19. The summed E-state index contributed by atoms with van der Waals surface area (Å²) >= 11 is 4.22. The largest absolute Gasteiger partial charge is 0.276 e. The molecule has 5 nitrogen and oxygen atoms in total. The van der Waals surface area contributed by atoms with Crippen molar-refractivity contribution in [1.29, 1.82) is 5.26 Å². The third kappa shape index (κ3) is 3.26. The van der Waals surface area contributed by atoms with E-state index in [1.54, 1.807) is 24.5 Å². The number of hydrogen-bond acceptors (Lipinski definition) is 5. The van der Waals surface area contributed by atoms with Crippen LogP contribution in [-0.2, 0) is 5.75 Å². The fourth-order valence-corrected chi connectivity index (χ4v) is 2.96. The maximum absolute atomic E-state index is 13.0. The zero-order chi connectivity index (χ0) is 18.7. The van der Waals surface area contributed by atoms with Gasteiger partial charge in [-0.1, -0.05) is 26.0 Å². The van der Waals surface area contributed by atoms with Gasteiger partial charge in [0.05, 0.1) is 11.4 Å². The van der Waals surface area contributed by atoms with Crippen molar-refractivity contribution in [2.45, 2.75) is 25.5 Å². The number of aromatic nitrogens is 3. The van der Waals surface area contributed by atoms with Crippen molar-refractivity contribution in [1.82, 2.24) is 14.5 Å². The van der Waals surface area contributed by atoms with E-state index in [0.29, 0.717) is 23.1 Å². The smallest absolute Gasteiger partial charge is 0.267 e. The minimum absolute atomic E-state index is 0.0192. The molecule has 0 bridgehead atoms. The average molecular weight is 362 g/mol. The van der Waals surface area contributed by atoms with E-state index in [9.17, 15) is 10.1 Å². The number of rotatable bonds is 4. The number of hydrogen-bond donors (Lipinski definition) is 1. The topological polar surface area (TPSA) is 71.6 Å². The van der Waals surface area contributed by atoms with Crippen LogP contribution in [0.25, 0.3) is 17.1 Å². The molecule has 0 spiro atoms. The first-order valence-electron chi connectivity index (χ1n) is 8.24. The lowest BCUT2D eigenvalue weighted by atomic mass is 10.0. The predicted molar refractivity (Wildman–Crippen MR) is 105 cm³/mol. The van der Waals surface area contributed by atoms with Gasteiger partial charge in [-0.05, 0) is 35.7 Å². The molecule has 6 heteroatoms. The number of nitrogens with zero attached hydrogens (tertiary/aromatic N) is 4. The minimum atomic E-state index is -0.393. The van der Waals surface area contributed by atoms with Crippen LogP contribution in [0.4, 0.5) is 0 Å². The molecule has 0 aliphatic rings. The van der Waals surface area contributed by atoms with Crippen molar-refractivity contribution in [2.75, 3.05) is 0 Å². The summed E-state index contributed by atoms with van der Waals surface area (Å²) in [6.45, 7) is 4.22. The van der Waals surface area contributed by atoms with Gasteiger partial charge >= 0.3 is 0 Å². The highest BCUT2D eigenvalue weighted by molar-refractivity contribution is 7.79. The van der Waals surface area contributed by atoms with Crippen LogP contribution >= 0.6 is 12.6 Å². The Bertz CT molecular complexity index is 1020. The summed E-state index contributed by atoms with van der Waals surface area (Å²) in [5.74, 6) is 1.07. The summed E-state index contributed by atoms with van der Waals surface area (Å²) in [6.07, 6.45) is 3.29. The van der Waals surface area contributed by atoms with Crippen LogP contribution in [0, 0.1) is 11.3 Å². The number of benzene rings is 1. The van der Waals surface area contributed by atoms with E-state index < -0.39 is 5.56 Å². The van der Waals surface area contributed by atoms with Crippen LogP contribution < -0.4 is 5.56 Å². The van der Waals surface area contributed by atoms with Gasteiger partial charge in [0, 0.05) is 23.7 Å². The summed E-state index contributed by atoms with van der Waals surface area (Å²) in [6, 6.07) is 13.3. The third-order valence-corrected chi connectivity index (χ3v) is 4.48. The van der Waals surface area contributed by atoms with E-state index >= 15 is 0 Å². The molecule has 0 fully saturated rings. The van der Waals surface area contributed by atoms with Gasteiger partial charge in [0.2, 0.25) is 0 Å². The van der Waals surface area contributed by atoms with Gasteiger partial charge in [-0.3, -0.25) is 14.3 Å². The van der Waals surface area contributed by atoms with Gasteiger partial charge in [-0.15, -0.1) is 0 Å². The molecular formula is C20H18N4OS. The molecule has 0 amide bonds. The second-order valence-corrected chi connectivity index (χ2v) is 6.47. The van der Waals surface area contributed by atoms with Crippen LogP contribution in [0.3, 0.4) is 0 Å². The Labute approximate surface area is 157 Å². The summed E-state index contributed by atoms with van der Waals surface area (Å²) in [5.41, 5.74) is 2.59. The standard InChI is InChI=1S/C20H18N4OS/c1-13(2)14-3-5-16(6-4-14)24-19(15-7-9-22-10-8-15)23-18(12-26)17(11-21)20(24)25/h3-10,13,26H,12H2,1-2H3. The maximum atomic E-state index is 13.0. The molecule has 0 atom stereocenters. The fraction of sp³-hybridized carbons (Fsp3) is 0.200. The number of nitriles is 1. The molecule has 1 aromatic carbocycles. The highest BCUT2D eigenvalue weighted by Crippen LogP contribution is 2.22. The van der Waals surface area contributed by atoms with Gasteiger partial charge in [-0.2, -0.15) is 17.9 Å². The van der Waals surface area contributed by atoms with Gasteiger partial charge in [-0.25, -0.2) is 4.98 Å². The van der Waals surface area contributed by atoms with E-state index in [1.165, 1.54) is 10.1 Å². The molecule has 0 N–H and O–H groups in total. The van der Waals surface area contributed by atoms with Crippen LogP contribution in [0.5, 0.6) is 0 Å². The Morgan fingerprint density at radius 1 is 1.15 bits per heavy atom. The second-order valence-electron chi connectivity index (χ2n) is 6.15. The first kappa shape index (κ1) is 17.9. The minimum Gasteiger partial charge on any atom is -0.267 e. The van der Waals surface area contributed by atoms with E-state index in [4.69, 9.17) is 0 Å². The fourth-order valence-electron chi connectivity index (χ4n) is 2.73. The molecule has 0 radical (unpaired) electrons. The maximum Gasteiger partial charge on any atom is 0.276 e. The summed E-state index contributed by atoms with van der Waals surface area (Å²) in [4.78, 5) is 21.6. The number of thiol groups is 1. The Morgan fingerprint density at radius 3 is 2.35 bits per heavy atom. The van der Waals surface area contributed by atoms with Gasteiger partial charge < -0.3 is 0 Å². The molecule has 0 saturated carbocycles. The zero-order valence-corrected chi connectivity index (χ0v) is 15.4. The first-order chi connectivity index (χ1) is 12.6. The monoisotopic (exact) mass is 362 g/mol. The van der Waals surface area contributed by atoms with Crippen molar-refractivity contribution in [3.05, 3.63) is 76.0 Å². The average Bonchev–Trinajstić information content (AvgIpc) is 2.68. The zero-order valence-electron chi connectivity index (χ0n) is 14.5. The molecule has 26 heavy (non-hydrogen) atoms. The van der Waals surface area contributed by atoms with Crippen molar-refractivity contribution < 1.29 is 0 Å². The van der Waals surface area contributed by atoms with Gasteiger partial charge in [0.15, 0.2) is 0 Å². The molecule has 0 unspecified atom stereocenters. The van der Waals surface area contributed by atoms with E-state index in [2.05, 4.69) is 36.4 Å². The van der Waals surface area contributed by atoms with Crippen molar-refractivity contribution in [2.24, 2.45) is 0 Å². The SMILES string of the molecule is CC(C)c1ccc(-n2c(-c3ccncc3)nc(CS)c(C#N)c2=O)cc1. The summed E-state index contributed by atoms with van der Waals surface area (Å²) in [5, 5.41) is 9.43. The molecule has 0 saturated heterocycles. The molecular weight excluding hydrogens is 344 g/mol. The molecule has 0 aliphatic carbocycles. The van der Waals surface area contributed by atoms with Crippen LogP contribution in [0.1, 0.15) is 36.6 Å². The first-order valence-corrected chi connectivity index (χ1v) is 8.87. The Morgan fingerprint density at radius 2 is 1.81 bits per heavy atom. The highest BCUT2D eigenvalue weighted by atomic mass is 32.1. The summed E-state index contributed by atoms with van der Waals surface area (Å²) < 4.78 is 1.48. The van der Waals surface area contributed by atoms with Gasteiger partial charge in [0.1, 0.15) is 17.5 Å². The van der Waals surface area contributed by atoms with Crippen LogP contribution in [-0.4, -0.2) is 14.5 Å². The van der Waals surface area contributed by atoms with E-state index in [-0.39, 0.29) is 11.3 Å². The second kappa shape index (κ2) is 7.54. The normalized spacial score (nSPS) is 10.7. The lowest BCUT2D eigenvalue weighted by molar-refractivity contribution is 0.862. The highest BCUT2D eigenvalue weighted by Gasteiger charge is 2.18. The molecule has 3 rings (SSSR count). The quantitative estimate of drug-likeness (QED) is 0.718. The van der Waals surface area contributed by atoms with Gasteiger partial charge in [0.25, 0.3) is 5.56 Å². The molecule has 2 aromatic heterocycles. The Hall–Kier alpha value is -2.91. The Balaban J connectivity index is 2.32. The third-order valence-electron chi connectivity index (χ3n) is 4.18. The van der Waals surface area contributed by atoms with Crippen molar-refractivity contribution in [3.63, 3.8) is 0 Å². The molecule has 0 aliphatic heterocycles. The van der Waals surface area contributed by atoms with Crippen molar-refractivity contribution in [3.8, 4) is 23.1 Å². The number of pyridine rings is 1. The van der Waals surface area contributed by atoms with E-state index in [1.807, 2.05) is 30.3 Å². The van der Waals surface area contributed by atoms with Crippen LogP contribution in [0.2, 0.25) is 0 Å². The molecule has 2 heterocycles. The summed E-state index contributed by atoms with van der Waals surface area (Å²) in [7, 11) is 0. The van der Waals surface area contributed by atoms with Crippen molar-refractivity contribution >= 4 is 12.6 Å². The molecule has 3 aromatic rings. The van der Waals surface area contributed by atoms with E-state index in [0.717, 1.165) is 5.56 Å². The predicted octanol–water partition coefficient (Wildman–Crippen LogP) is 3.72. The van der Waals surface area contributed by atoms with Crippen LogP contribution in [0.15, 0.2) is 53.6 Å². The lowest BCUT2D eigenvalue weighted by Crippen LogP contribution is -2.26. The lowest BCUT2D eigenvalue weighted by Gasteiger charge is -2.15. The molecule has 130 valence electrons.